The summed E-state index contributed by atoms with van der Waals surface area (Å²) >= 11 is 6.00. The number of hydrogen-bond donors (Lipinski definition) is 0. The van der Waals surface area contributed by atoms with Gasteiger partial charge in [-0.25, -0.2) is 8.42 Å². The molecule has 0 aliphatic carbocycles. The van der Waals surface area contributed by atoms with Gasteiger partial charge in [0, 0.05) is 30.6 Å². The Morgan fingerprint density at radius 1 is 1.12 bits per heavy atom. The van der Waals surface area contributed by atoms with E-state index in [2.05, 4.69) is 10.1 Å². The van der Waals surface area contributed by atoms with Crippen molar-refractivity contribution in [3.63, 3.8) is 0 Å². The molecule has 0 saturated heterocycles. The maximum Gasteiger partial charge on any atom is 0.246 e. The lowest BCUT2D eigenvalue weighted by molar-refractivity contribution is -0.130. The van der Waals surface area contributed by atoms with Crippen LogP contribution in [0.15, 0.2) is 47.0 Å². The summed E-state index contributed by atoms with van der Waals surface area (Å²) < 4.78 is 31.3. The van der Waals surface area contributed by atoms with Crippen LogP contribution in [0.4, 0.5) is 5.69 Å². The second kappa shape index (κ2) is 10.4. The second-order valence-corrected chi connectivity index (χ2v) is 10.4. The molecular formula is C23H27ClN4O4S. The predicted molar refractivity (Wildman–Crippen MR) is 129 cm³/mol. The number of amides is 1. The van der Waals surface area contributed by atoms with E-state index in [0.717, 1.165) is 16.7 Å². The van der Waals surface area contributed by atoms with Crippen LogP contribution < -0.4 is 4.31 Å². The molecular weight excluding hydrogens is 464 g/mol. The summed E-state index contributed by atoms with van der Waals surface area (Å²) in [5.41, 5.74) is 3.28. The molecule has 0 spiro atoms. The van der Waals surface area contributed by atoms with Gasteiger partial charge in [0.25, 0.3) is 0 Å². The third-order valence-electron chi connectivity index (χ3n) is 5.00. The first kappa shape index (κ1) is 24.7. The zero-order chi connectivity index (χ0) is 24.2. The molecule has 0 saturated carbocycles. The summed E-state index contributed by atoms with van der Waals surface area (Å²) in [6.45, 7) is 4.20. The van der Waals surface area contributed by atoms with Crippen molar-refractivity contribution in [2.24, 2.45) is 0 Å². The standard InChI is InChI=1S/C23H27ClN4O4S/c1-16-11-17(2)13-20(12-16)28(33(4,30)31)10-6-9-22(29)27(3)15-21-25-23(26-32-21)18-7-5-8-19(24)14-18/h5,7-8,11-14H,6,9-10,15H2,1-4H3. The Bertz CT molecular complexity index is 1220. The molecule has 0 fully saturated rings. The molecule has 8 nitrogen and oxygen atoms in total. The predicted octanol–water partition coefficient (Wildman–Crippen LogP) is 4.21. The highest BCUT2D eigenvalue weighted by Gasteiger charge is 2.20. The summed E-state index contributed by atoms with van der Waals surface area (Å²) in [7, 11) is -1.84. The van der Waals surface area contributed by atoms with Gasteiger partial charge >= 0.3 is 0 Å². The Morgan fingerprint density at radius 2 is 1.82 bits per heavy atom. The average molecular weight is 491 g/mol. The lowest BCUT2D eigenvalue weighted by atomic mass is 10.1. The number of aromatic nitrogens is 2. The number of carbonyl (C=O) groups excluding carboxylic acids is 1. The maximum absolute atomic E-state index is 12.6. The van der Waals surface area contributed by atoms with Crippen molar-refractivity contribution in [1.82, 2.24) is 15.0 Å². The van der Waals surface area contributed by atoms with Crippen LogP contribution in [0.3, 0.4) is 0 Å². The van der Waals surface area contributed by atoms with Crippen LogP contribution in [0.2, 0.25) is 5.02 Å². The topological polar surface area (TPSA) is 96.6 Å². The fourth-order valence-electron chi connectivity index (χ4n) is 3.50. The van der Waals surface area contributed by atoms with Gasteiger partial charge in [-0.1, -0.05) is 35.0 Å². The SMILES string of the molecule is Cc1cc(C)cc(N(CCCC(=O)N(C)Cc2nc(-c3cccc(Cl)c3)no2)S(C)(=O)=O)c1. The Kier molecular flexibility index (Phi) is 7.76. The van der Waals surface area contributed by atoms with Crippen LogP contribution in [-0.4, -0.2) is 49.2 Å². The number of aryl methyl sites for hydroxylation is 2. The number of nitrogens with zero attached hydrogens (tertiary/aromatic N) is 4. The van der Waals surface area contributed by atoms with Crippen LogP contribution in [0.1, 0.15) is 29.9 Å². The van der Waals surface area contributed by atoms with Gasteiger partial charge < -0.3 is 9.42 Å². The number of hydrogen-bond acceptors (Lipinski definition) is 6. The Balaban J connectivity index is 1.58. The number of halogens is 1. The molecule has 0 aliphatic rings. The molecule has 1 heterocycles. The van der Waals surface area contributed by atoms with Crippen LogP contribution >= 0.6 is 11.6 Å². The van der Waals surface area contributed by atoms with E-state index in [4.69, 9.17) is 16.1 Å². The first-order valence-corrected chi connectivity index (χ1v) is 12.6. The average Bonchev–Trinajstić information content (AvgIpc) is 3.17. The monoisotopic (exact) mass is 490 g/mol. The van der Waals surface area contributed by atoms with Gasteiger partial charge in [-0.15, -0.1) is 0 Å². The summed E-state index contributed by atoms with van der Waals surface area (Å²) in [6, 6.07) is 12.7. The van der Waals surface area contributed by atoms with Crippen molar-refractivity contribution >= 4 is 33.2 Å². The molecule has 0 radical (unpaired) electrons. The third-order valence-corrected chi connectivity index (χ3v) is 6.42. The molecule has 1 amide bonds. The van der Waals surface area contributed by atoms with Gasteiger partial charge in [0.2, 0.25) is 27.6 Å². The zero-order valence-electron chi connectivity index (χ0n) is 19.1. The van der Waals surface area contributed by atoms with Crippen LogP contribution in [0, 0.1) is 13.8 Å². The second-order valence-electron chi connectivity index (χ2n) is 8.06. The third kappa shape index (κ3) is 6.79. The van der Waals surface area contributed by atoms with E-state index >= 15 is 0 Å². The summed E-state index contributed by atoms with van der Waals surface area (Å²) in [5, 5.41) is 4.51. The Labute approximate surface area is 199 Å². The van der Waals surface area contributed by atoms with E-state index in [9.17, 15) is 13.2 Å². The fraction of sp³-hybridized carbons (Fsp3) is 0.348. The van der Waals surface area contributed by atoms with E-state index in [-0.39, 0.29) is 25.4 Å². The fourth-order valence-corrected chi connectivity index (χ4v) is 4.64. The molecule has 0 unspecified atom stereocenters. The molecule has 0 N–H and O–H groups in total. The molecule has 2 aromatic carbocycles. The minimum atomic E-state index is -3.48. The highest BCUT2D eigenvalue weighted by atomic mass is 35.5. The number of rotatable bonds is 9. The van der Waals surface area contributed by atoms with E-state index < -0.39 is 10.0 Å². The van der Waals surface area contributed by atoms with Gasteiger partial charge in [-0.3, -0.25) is 9.10 Å². The highest BCUT2D eigenvalue weighted by Crippen LogP contribution is 2.23. The zero-order valence-corrected chi connectivity index (χ0v) is 20.7. The number of carbonyl (C=O) groups is 1. The minimum absolute atomic E-state index is 0.147. The van der Waals surface area contributed by atoms with Crippen molar-refractivity contribution in [3.05, 3.63) is 64.5 Å². The Morgan fingerprint density at radius 3 is 2.45 bits per heavy atom. The van der Waals surface area contributed by atoms with E-state index in [1.807, 2.05) is 38.1 Å². The van der Waals surface area contributed by atoms with Gasteiger partial charge in [-0.2, -0.15) is 4.98 Å². The largest absolute Gasteiger partial charge is 0.337 e. The molecule has 10 heteroatoms. The van der Waals surface area contributed by atoms with E-state index in [1.54, 1.807) is 25.2 Å². The van der Waals surface area contributed by atoms with Crippen molar-refractivity contribution in [2.75, 3.05) is 24.2 Å². The van der Waals surface area contributed by atoms with Gasteiger partial charge in [-0.05, 0) is 55.7 Å². The Hall–Kier alpha value is -2.91. The van der Waals surface area contributed by atoms with Crippen molar-refractivity contribution in [1.29, 1.82) is 0 Å². The molecule has 0 atom stereocenters. The molecule has 0 bridgehead atoms. The van der Waals surface area contributed by atoms with Gasteiger partial charge in [0.1, 0.15) is 0 Å². The number of sulfonamides is 1. The van der Waals surface area contributed by atoms with Crippen molar-refractivity contribution in [3.8, 4) is 11.4 Å². The van der Waals surface area contributed by atoms with Crippen molar-refractivity contribution in [2.45, 2.75) is 33.2 Å². The first-order valence-electron chi connectivity index (χ1n) is 10.4. The minimum Gasteiger partial charge on any atom is -0.337 e. The van der Waals surface area contributed by atoms with Gasteiger partial charge in [0.05, 0.1) is 18.5 Å². The van der Waals surface area contributed by atoms with Crippen LogP contribution in [0.25, 0.3) is 11.4 Å². The molecule has 3 aromatic rings. The normalized spacial score (nSPS) is 11.4. The molecule has 3 rings (SSSR count). The summed E-state index contributed by atoms with van der Waals surface area (Å²) in [5.74, 6) is 0.547. The number of anilines is 1. The van der Waals surface area contributed by atoms with E-state index in [1.165, 1.54) is 15.5 Å². The molecule has 33 heavy (non-hydrogen) atoms. The first-order chi connectivity index (χ1) is 15.5. The quantitative estimate of drug-likeness (QED) is 0.445. The molecule has 0 aliphatic heterocycles. The maximum atomic E-state index is 12.6. The number of benzene rings is 2. The highest BCUT2D eigenvalue weighted by molar-refractivity contribution is 7.92. The van der Waals surface area contributed by atoms with Crippen LogP contribution in [-0.2, 0) is 21.4 Å². The van der Waals surface area contributed by atoms with Crippen molar-refractivity contribution < 1.29 is 17.7 Å². The van der Waals surface area contributed by atoms with Crippen LogP contribution in [0.5, 0.6) is 0 Å². The smallest absolute Gasteiger partial charge is 0.246 e. The van der Waals surface area contributed by atoms with Gasteiger partial charge in [0.15, 0.2) is 0 Å². The lowest BCUT2D eigenvalue weighted by Gasteiger charge is -2.23. The summed E-state index contributed by atoms with van der Waals surface area (Å²) in [4.78, 5) is 18.4. The van der Waals surface area contributed by atoms with E-state index in [0.29, 0.717) is 28.8 Å². The molecule has 176 valence electrons. The molecule has 1 aromatic heterocycles. The summed E-state index contributed by atoms with van der Waals surface area (Å²) in [6.07, 6.45) is 1.73. The lowest BCUT2D eigenvalue weighted by Crippen LogP contribution is -2.32.